The van der Waals surface area contributed by atoms with Gasteiger partial charge < -0.3 is 9.47 Å². The minimum atomic E-state index is -0.0292. The van der Waals surface area contributed by atoms with Gasteiger partial charge in [-0.1, -0.05) is 30.3 Å². The van der Waals surface area contributed by atoms with Gasteiger partial charge in [0.15, 0.2) is 0 Å². The number of benzene rings is 2. The summed E-state index contributed by atoms with van der Waals surface area (Å²) in [6, 6.07) is 14.4. The Morgan fingerprint density at radius 1 is 1.18 bits per heavy atom. The summed E-state index contributed by atoms with van der Waals surface area (Å²) >= 11 is 2.34. The van der Waals surface area contributed by atoms with Gasteiger partial charge in [0.1, 0.15) is 11.9 Å². The highest BCUT2D eigenvalue weighted by atomic mass is 127. The molecule has 0 saturated carbocycles. The fraction of sp³-hybridized carbons (Fsp3) is 0.278. The lowest BCUT2D eigenvalue weighted by molar-refractivity contribution is 0.202. The van der Waals surface area contributed by atoms with Crippen LogP contribution >= 0.6 is 22.6 Å². The quantitative estimate of drug-likeness (QED) is 0.701. The number of nitrogens with zero attached hydrogens (tertiary/aromatic N) is 1. The third-order valence-electron chi connectivity index (χ3n) is 3.82. The van der Waals surface area contributed by atoms with E-state index in [0.717, 1.165) is 26.0 Å². The van der Waals surface area contributed by atoms with E-state index >= 15 is 0 Å². The number of rotatable bonds is 3. The summed E-state index contributed by atoms with van der Waals surface area (Å²) in [5.74, 6) is 1.53. The van der Waals surface area contributed by atoms with Crippen LogP contribution in [-0.4, -0.2) is 19.0 Å². The first-order valence-corrected chi connectivity index (χ1v) is 8.32. The zero-order valence-corrected chi connectivity index (χ0v) is 15.0. The lowest BCUT2D eigenvalue weighted by Crippen LogP contribution is -2.11. The van der Waals surface area contributed by atoms with Crippen molar-refractivity contribution in [3.63, 3.8) is 0 Å². The molecule has 3 rings (SSSR count). The lowest BCUT2D eigenvalue weighted by Gasteiger charge is -2.16. The zero-order valence-electron chi connectivity index (χ0n) is 12.8. The molecule has 0 aliphatic carbocycles. The molecule has 0 N–H and O–H groups in total. The molecule has 0 radical (unpaired) electrons. The van der Waals surface area contributed by atoms with Crippen LogP contribution in [-0.2, 0) is 4.74 Å². The monoisotopic (exact) mass is 407 g/mol. The number of aryl methyl sites for hydroxylation is 1. The first-order chi connectivity index (χ1) is 10.6. The van der Waals surface area contributed by atoms with Gasteiger partial charge in [-0.2, -0.15) is 0 Å². The predicted molar refractivity (Wildman–Crippen MR) is 96.7 cm³/mol. The van der Waals surface area contributed by atoms with E-state index in [2.05, 4.69) is 48.6 Å². The molecular weight excluding hydrogens is 389 g/mol. The highest BCUT2D eigenvalue weighted by Gasteiger charge is 2.30. The molecule has 0 amide bonds. The van der Waals surface area contributed by atoms with E-state index in [4.69, 9.17) is 14.5 Å². The Balaban J connectivity index is 1.95. The van der Waals surface area contributed by atoms with E-state index < -0.39 is 0 Å². The summed E-state index contributed by atoms with van der Waals surface area (Å²) in [5, 5.41) is 0. The standard InChI is InChI=1S/C18H18INO2/c1-11-9-14(21-3)10-15(16(11)19)18-20-12(2)17(22-18)13-7-5-4-6-8-13/h4-10,12,17H,1-3H3/t12-,17+/m0/s1. The van der Waals surface area contributed by atoms with E-state index in [0.29, 0.717) is 5.90 Å². The number of ether oxygens (including phenoxy) is 2. The molecule has 2 aromatic rings. The second-order valence-corrected chi connectivity index (χ2v) is 6.51. The number of halogens is 1. The fourth-order valence-electron chi connectivity index (χ4n) is 2.63. The summed E-state index contributed by atoms with van der Waals surface area (Å²) in [6.07, 6.45) is -0.0292. The molecule has 0 spiro atoms. The Morgan fingerprint density at radius 3 is 2.59 bits per heavy atom. The molecule has 1 aliphatic heterocycles. The molecule has 0 unspecified atom stereocenters. The fourth-order valence-corrected chi connectivity index (χ4v) is 3.18. The van der Waals surface area contributed by atoms with E-state index in [1.54, 1.807) is 7.11 Å². The minimum absolute atomic E-state index is 0.0292. The van der Waals surface area contributed by atoms with E-state index in [1.807, 2.05) is 30.3 Å². The summed E-state index contributed by atoms with van der Waals surface area (Å²) < 4.78 is 12.7. The van der Waals surface area contributed by atoms with Crippen molar-refractivity contribution in [2.75, 3.05) is 7.11 Å². The molecule has 0 aromatic heterocycles. The van der Waals surface area contributed by atoms with Crippen LogP contribution < -0.4 is 4.74 Å². The molecule has 4 heteroatoms. The van der Waals surface area contributed by atoms with Crippen molar-refractivity contribution in [2.24, 2.45) is 4.99 Å². The second kappa shape index (κ2) is 6.28. The first kappa shape index (κ1) is 15.3. The van der Waals surface area contributed by atoms with Crippen molar-refractivity contribution in [3.05, 3.63) is 62.7 Å². The van der Waals surface area contributed by atoms with E-state index in [9.17, 15) is 0 Å². The molecule has 1 aliphatic rings. The van der Waals surface area contributed by atoms with Gasteiger partial charge in [-0.15, -0.1) is 0 Å². The average Bonchev–Trinajstić information content (AvgIpc) is 2.92. The maximum absolute atomic E-state index is 6.17. The van der Waals surface area contributed by atoms with Crippen molar-refractivity contribution in [3.8, 4) is 5.75 Å². The molecule has 2 atom stereocenters. The molecule has 2 aromatic carbocycles. The molecule has 0 bridgehead atoms. The predicted octanol–water partition coefficient (Wildman–Crippen LogP) is 4.51. The van der Waals surface area contributed by atoms with Crippen LogP contribution in [0.3, 0.4) is 0 Å². The third kappa shape index (κ3) is 2.84. The van der Waals surface area contributed by atoms with Gasteiger partial charge in [0, 0.05) is 3.57 Å². The van der Waals surface area contributed by atoms with Gasteiger partial charge >= 0.3 is 0 Å². The first-order valence-electron chi connectivity index (χ1n) is 7.24. The molecule has 0 fully saturated rings. The SMILES string of the molecule is COc1cc(C)c(I)c(C2=N[C@@H](C)[C@H](c3ccccc3)O2)c1. The number of hydrogen-bond acceptors (Lipinski definition) is 3. The number of methoxy groups -OCH3 is 1. The Bertz CT molecular complexity index is 713. The topological polar surface area (TPSA) is 30.8 Å². The van der Waals surface area contributed by atoms with Gasteiger partial charge in [-0.3, -0.25) is 0 Å². The average molecular weight is 407 g/mol. The van der Waals surface area contributed by atoms with E-state index in [-0.39, 0.29) is 12.1 Å². The lowest BCUT2D eigenvalue weighted by atomic mass is 10.0. The minimum Gasteiger partial charge on any atom is -0.497 e. The Morgan fingerprint density at radius 2 is 1.91 bits per heavy atom. The Hall–Kier alpha value is -1.56. The summed E-state index contributed by atoms with van der Waals surface area (Å²) in [4.78, 5) is 4.73. The van der Waals surface area contributed by atoms with Gasteiger partial charge in [0.05, 0.1) is 18.7 Å². The van der Waals surface area contributed by atoms with Crippen LogP contribution in [0.25, 0.3) is 0 Å². The maximum Gasteiger partial charge on any atom is 0.218 e. The normalized spacial score (nSPS) is 20.5. The van der Waals surface area contributed by atoms with Crippen molar-refractivity contribution in [1.29, 1.82) is 0 Å². The molecule has 1 heterocycles. The molecule has 22 heavy (non-hydrogen) atoms. The van der Waals surface area contributed by atoms with Gasteiger partial charge in [0.2, 0.25) is 5.90 Å². The summed E-state index contributed by atoms with van der Waals surface area (Å²) in [7, 11) is 1.68. The number of aliphatic imine (C=N–C) groups is 1. The molecular formula is C18H18INO2. The van der Waals surface area contributed by atoms with Crippen LogP contribution in [0.4, 0.5) is 0 Å². The zero-order chi connectivity index (χ0) is 15.7. The van der Waals surface area contributed by atoms with E-state index in [1.165, 1.54) is 0 Å². The highest BCUT2D eigenvalue weighted by Crippen LogP contribution is 2.33. The molecule has 3 nitrogen and oxygen atoms in total. The Kier molecular flexibility index (Phi) is 4.38. The highest BCUT2D eigenvalue weighted by molar-refractivity contribution is 14.1. The van der Waals surface area contributed by atoms with Crippen LogP contribution in [0, 0.1) is 10.5 Å². The van der Waals surface area contributed by atoms with Crippen molar-refractivity contribution in [1.82, 2.24) is 0 Å². The summed E-state index contributed by atoms with van der Waals surface area (Å²) in [5.41, 5.74) is 3.32. The third-order valence-corrected chi connectivity index (χ3v) is 5.25. The van der Waals surface area contributed by atoms with Gasteiger partial charge in [0.25, 0.3) is 0 Å². The van der Waals surface area contributed by atoms with Gasteiger partial charge in [-0.05, 0) is 59.7 Å². The molecule has 0 saturated heterocycles. The number of hydrogen-bond donors (Lipinski definition) is 0. The van der Waals surface area contributed by atoms with Crippen LogP contribution in [0.15, 0.2) is 47.5 Å². The summed E-state index contributed by atoms with van der Waals surface area (Å²) in [6.45, 7) is 4.16. The van der Waals surface area contributed by atoms with Crippen molar-refractivity contribution < 1.29 is 9.47 Å². The van der Waals surface area contributed by atoms with Crippen molar-refractivity contribution in [2.45, 2.75) is 26.0 Å². The van der Waals surface area contributed by atoms with Crippen LogP contribution in [0.2, 0.25) is 0 Å². The molecule has 114 valence electrons. The van der Waals surface area contributed by atoms with Crippen molar-refractivity contribution >= 4 is 28.5 Å². The van der Waals surface area contributed by atoms with Crippen LogP contribution in [0.5, 0.6) is 5.75 Å². The largest absolute Gasteiger partial charge is 0.497 e. The van der Waals surface area contributed by atoms with Gasteiger partial charge in [-0.25, -0.2) is 4.99 Å². The van der Waals surface area contributed by atoms with Crippen LogP contribution in [0.1, 0.15) is 29.7 Å². The maximum atomic E-state index is 6.17. The smallest absolute Gasteiger partial charge is 0.218 e. The Labute approximate surface area is 144 Å². The second-order valence-electron chi connectivity index (χ2n) is 5.43.